The predicted molar refractivity (Wildman–Crippen MR) is 67.7 cm³/mol. The molecule has 1 aliphatic heterocycles. The van der Waals surface area contributed by atoms with Gasteiger partial charge in [0.1, 0.15) is 0 Å². The van der Waals surface area contributed by atoms with Crippen LogP contribution in [0.4, 0.5) is 0 Å². The molecular weight excluding hydrogens is 200 g/mol. The van der Waals surface area contributed by atoms with Crippen LogP contribution in [0.15, 0.2) is 0 Å². The third-order valence-corrected chi connectivity index (χ3v) is 3.45. The van der Waals surface area contributed by atoms with Crippen molar-refractivity contribution in [1.29, 1.82) is 0 Å². The molecule has 3 heteroatoms. The van der Waals surface area contributed by atoms with E-state index in [1.165, 1.54) is 0 Å². The summed E-state index contributed by atoms with van der Waals surface area (Å²) in [4.78, 5) is 2.50. The van der Waals surface area contributed by atoms with Gasteiger partial charge in [0.05, 0.1) is 0 Å². The smallest absolute Gasteiger partial charge is 0.0380 e. The Morgan fingerprint density at radius 3 is 1.75 bits per heavy atom. The molecule has 1 rings (SSSR count). The molecular formula is C13H28N2O. The van der Waals surface area contributed by atoms with Crippen molar-refractivity contribution in [2.24, 2.45) is 0 Å². The van der Waals surface area contributed by atoms with Gasteiger partial charge in [-0.1, -0.05) is 0 Å². The summed E-state index contributed by atoms with van der Waals surface area (Å²) in [5, 5.41) is 11.7. The molecule has 0 spiro atoms. The van der Waals surface area contributed by atoms with E-state index in [0.717, 1.165) is 25.9 Å². The first-order chi connectivity index (χ1) is 7.12. The van der Waals surface area contributed by atoms with E-state index in [9.17, 15) is 5.21 Å². The second kappa shape index (κ2) is 4.63. The van der Waals surface area contributed by atoms with Gasteiger partial charge in [0.25, 0.3) is 0 Å². The Kier molecular flexibility index (Phi) is 4.04. The zero-order valence-electron chi connectivity index (χ0n) is 11.7. The topological polar surface area (TPSA) is 26.7 Å². The normalized spacial score (nSPS) is 21.8. The minimum Gasteiger partial charge on any atom is -0.313 e. The molecule has 0 radical (unpaired) electrons. The van der Waals surface area contributed by atoms with Crippen LogP contribution in [0.3, 0.4) is 0 Å². The highest BCUT2D eigenvalue weighted by Crippen LogP contribution is 2.25. The van der Waals surface area contributed by atoms with Crippen molar-refractivity contribution in [2.75, 3.05) is 13.1 Å². The van der Waals surface area contributed by atoms with Gasteiger partial charge in [-0.3, -0.25) is 4.90 Å². The monoisotopic (exact) mass is 228 g/mol. The standard InChI is InChI=1S/C13H28N2O/c1-12(2,3)14-9-7-11(8-10-14)15(16)13(4,5)6/h11,16H,7-10H2,1-6H3. The molecule has 1 saturated heterocycles. The van der Waals surface area contributed by atoms with E-state index < -0.39 is 0 Å². The van der Waals surface area contributed by atoms with E-state index in [0.29, 0.717) is 6.04 Å². The molecule has 1 N–H and O–H groups in total. The van der Waals surface area contributed by atoms with Crippen molar-refractivity contribution < 1.29 is 5.21 Å². The third kappa shape index (κ3) is 3.44. The average molecular weight is 228 g/mol. The van der Waals surface area contributed by atoms with E-state index >= 15 is 0 Å². The molecule has 0 aromatic rings. The largest absolute Gasteiger partial charge is 0.313 e. The summed E-state index contributed by atoms with van der Waals surface area (Å²) in [7, 11) is 0. The lowest BCUT2D eigenvalue weighted by atomic mass is 9.95. The number of piperidine rings is 1. The lowest BCUT2D eigenvalue weighted by Crippen LogP contribution is -2.54. The molecule has 0 aromatic carbocycles. The summed E-state index contributed by atoms with van der Waals surface area (Å²) < 4.78 is 0. The van der Waals surface area contributed by atoms with Crippen LogP contribution in [-0.2, 0) is 0 Å². The first kappa shape index (κ1) is 13.9. The van der Waals surface area contributed by atoms with Crippen molar-refractivity contribution >= 4 is 0 Å². The van der Waals surface area contributed by atoms with Crippen molar-refractivity contribution in [1.82, 2.24) is 9.96 Å². The molecule has 96 valence electrons. The predicted octanol–water partition coefficient (Wildman–Crippen LogP) is 2.74. The zero-order chi connectivity index (χ0) is 12.6. The second-order valence-corrected chi connectivity index (χ2v) is 6.90. The van der Waals surface area contributed by atoms with Gasteiger partial charge < -0.3 is 5.21 Å². The molecule has 16 heavy (non-hydrogen) atoms. The van der Waals surface area contributed by atoms with Crippen molar-refractivity contribution in [3.05, 3.63) is 0 Å². The van der Waals surface area contributed by atoms with Gasteiger partial charge in [-0.2, -0.15) is 5.06 Å². The minimum atomic E-state index is -0.144. The lowest BCUT2D eigenvalue weighted by Gasteiger charge is -2.45. The third-order valence-electron chi connectivity index (χ3n) is 3.45. The van der Waals surface area contributed by atoms with Crippen LogP contribution in [0, 0.1) is 0 Å². The average Bonchev–Trinajstić information content (AvgIpc) is 2.14. The Labute approximate surface area is 100 Å². The minimum absolute atomic E-state index is 0.144. The van der Waals surface area contributed by atoms with Crippen LogP contribution in [-0.4, -0.2) is 45.4 Å². The molecule has 0 bridgehead atoms. The highest BCUT2D eigenvalue weighted by Gasteiger charge is 2.33. The highest BCUT2D eigenvalue weighted by atomic mass is 16.5. The summed E-state index contributed by atoms with van der Waals surface area (Å²) in [5.74, 6) is 0. The molecule has 3 nitrogen and oxygen atoms in total. The Morgan fingerprint density at radius 1 is 1.00 bits per heavy atom. The number of hydrogen-bond donors (Lipinski definition) is 1. The molecule has 0 aliphatic carbocycles. The fraction of sp³-hybridized carbons (Fsp3) is 1.00. The summed E-state index contributed by atoms with van der Waals surface area (Å²) in [6, 6.07) is 0.318. The zero-order valence-corrected chi connectivity index (χ0v) is 11.7. The molecule has 1 fully saturated rings. The molecule has 1 heterocycles. The number of hydrogen-bond acceptors (Lipinski definition) is 3. The van der Waals surface area contributed by atoms with Gasteiger partial charge in [0.15, 0.2) is 0 Å². The van der Waals surface area contributed by atoms with E-state index in [2.05, 4.69) is 46.4 Å². The Balaban J connectivity index is 2.50. The van der Waals surface area contributed by atoms with Gasteiger partial charge in [-0.05, 0) is 54.4 Å². The molecule has 0 aromatic heterocycles. The number of hydroxylamine groups is 2. The summed E-state index contributed by atoms with van der Waals surface area (Å²) in [6.07, 6.45) is 2.12. The first-order valence-corrected chi connectivity index (χ1v) is 6.35. The Hall–Kier alpha value is -0.120. The van der Waals surface area contributed by atoms with Crippen LogP contribution in [0.5, 0.6) is 0 Å². The van der Waals surface area contributed by atoms with Crippen LogP contribution in [0.2, 0.25) is 0 Å². The van der Waals surface area contributed by atoms with Crippen molar-refractivity contribution in [3.63, 3.8) is 0 Å². The fourth-order valence-corrected chi connectivity index (χ4v) is 2.33. The van der Waals surface area contributed by atoms with Gasteiger partial charge in [0.2, 0.25) is 0 Å². The number of nitrogens with zero attached hydrogens (tertiary/aromatic N) is 2. The van der Waals surface area contributed by atoms with Gasteiger partial charge in [-0.25, -0.2) is 0 Å². The summed E-state index contributed by atoms with van der Waals surface area (Å²) in [5.41, 5.74) is 0.113. The van der Waals surface area contributed by atoms with Crippen molar-refractivity contribution in [3.8, 4) is 0 Å². The lowest BCUT2D eigenvalue weighted by molar-refractivity contribution is -0.197. The Morgan fingerprint density at radius 2 is 1.44 bits per heavy atom. The van der Waals surface area contributed by atoms with Crippen LogP contribution in [0.1, 0.15) is 54.4 Å². The maximum absolute atomic E-state index is 10.1. The number of likely N-dealkylation sites (tertiary alicyclic amines) is 1. The molecule has 0 atom stereocenters. The van der Waals surface area contributed by atoms with E-state index in [-0.39, 0.29) is 11.1 Å². The van der Waals surface area contributed by atoms with E-state index in [1.807, 2.05) is 0 Å². The molecule has 0 amide bonds. The summed E-state index contributed by atoms with van der Waals surface area (Å²) in [6.45, 7) is 15.1. The summed E-state index contributed by atoms with van der Waals surface area (Å²) >= 11 is 0. The van der Waals surface area contributed by atoms with Crippen LogP contribution < -0.4 is 0 Å². The van der Waals surface area contributed by atoms with Crippen LogP contribution in [0.25, 0.3) is 0 Å². The maximum Gasteiger partial charge on any atom is 0.0380 e. The molecule has 0 saturated carbocycles. The fourth-order valence-electron chi connectivity index (χ4n) is 2.33. The SMILES string of the molecule is CC(C)(C)N1CCC(N(O)C(C)(C)C)CC1. The van der Waals surface area contributed by atoms with Crippen LogP contribution >= 0.6 is 0 Å². The first-order valence-electron chi connectivity index (χ1n) is 6.35. The second-order valence-electron chi connectivity index (χ2n) is 6.90. The van der Waals surface area contributed by atoms with Gasteiger partial charge in [0, 0.05) is 30.2 Å². The van der Waals surface area contributed by atoms with E-state index in [1.54, 1.807) is 5.06 Å². The molecule has 0 unspecified atom stereocenters. The van der Waals surface area contributed by atoms with Crippen molar-refractivity contribution in [2.45, 2.75) is 71.5 Å². The quantitative estimate of drug-likeness (QED) is 0.699. The van der Waals surface area contributed by atoms with E-state index in [4.69, 9.17) is 0 Å². The Bertz CT molecular complexity index is 219. The highest BCUT2D eigenvalue weighted by molar-refractivity contribution is 4.86. The van der Waals surface area contributed by atoms with Gasteiger partial charge >= 0.3 is 0 Å². The molecule has 1 aliphatic rings. The van der Waals surface area contributed by atoms with Gasteiger partial charge in [-0.15, -0.1) is 0 Å². The number of rotatable bonds is 1. The maximum atomic E-state index is 10.1.